The Morgan fingerprint density at radius 2 is 2.05 bits per heavy atom. The lowest BCUT2D eigenvalue weighted by Crippen LogP contribution is -2.17. The van der Waals surface area contributed by atoms with Crippen molar-refractivity contribution < 1.29 is 4.74 Å². The van der Waals surface area contributed by atoms with Crippen molar-refractivity contribution in [2.24, 2.45) is 0 Å². The number of aromatic amines is 1. The SMILES string of the molecule is COCCn1c(-c2cnc(N(C)C)nc2)cc(=O)[nH]c1=S. The predicted octanol–water partition coefficient (Wildman–Crippen LogP) is 1.08. The van der Waals surface area contributed by atoms with Gasteiger partial charge in [0, 0.05) is 51.8 Å². The van der Waals surface area contributed by atoms with Gasteiger partial charge >= 0.3 is 0 Å². The van der Waals surface area contributed by atoms with E-state index >= 15 is 0 Å². The van der Waals surface area contributed by atoms with Crippen LogP contribution in [0.3, 0.4) is 0 Å². The largest absolute Gasteiger partial charge is 0.383 e. The van der Waals surface area contributed by atoms with Gasteiger partial charge in [0.25, 0.3) is 5.56 Å². The Bertz CT molecular complexity index is 721. The average Bonchev–Trinajstić information content (AvgIpc) is 2.46. The molecule has 2 heterocycles. The molecule has 8 heteroatoms. The van der Waals surface area contributed by atoms with Gasteiger partial charge in [-0.2, -0.15) is 0 Å². The van der Waals surface area contributed by atoms with E-state index in [0.717, 1.165) is 5.56 Å². The van der Waals surface area contributed by atoms with Crippen LogP contribution in [0.25, 0.3) is 11.3 Å². The van der Waals surface area contributed by atoms with E-state index in [1.54, 1.807) is 29.0 Å². The van der Waals surface area contributed by atoms with Gasteiger partial charge in [-0.3, -0.25) is 9.78 Å². The number of rotatable bonds is 5. The Morgan fingerprint density at radius 3 is 2.62 bits per heavy atom. The van der Waals surface area contributed by atoms with E-state index in [9.17, 15) is 4.79 Å². The third kappa shape index (κ3) is 3.53. The molecule has 0 spiro atoms. The van der Waals surface area contributed by atoms with E-state index in [1.807, 2.05) is 14.1 Å². The molecule has 0 amide bonds. The molecule has 2 aromatic rings. The van der Waals surface area contributed by atoms with Crippen molar-refractivity contribution in [1.29, 1.82) is 0 Å². The molecule has 0 atom stereocenters. The van der Waals surface area contributed by atoms with Crippen molar-refractivity contribution in [3.63, 3.8) is 0 Å². The smallest absolute Gasteiger partial charge is 0.252 e. The van der Waals surface area contributed by atoms with E-state index in [1.165, 1.54) is 6.07 Å². The lowest BCUT2D eigenvalue weighted by Gasteiger charge is -2.14. The normalized spacial score (nSPS) is 10.6. The second kappa shape index (κ2) is 6.59. The molecule has 1 N–H and O–H groups in total. The van der Waals surface area contributed by atoms with E-state index < -0.39 is 0 Å². The Labute approximate surface area is 127 Å². The maximum atomic E-state index is 11.7. The number of hydrogen-bond donors (Lipinski definition) is 1. The van der Waals surface area contributed by atoms with Crippen LogP contribution in [-0.2, 0) is 11.3 Å². The number of hydrogen-bond acceptors (Lipinski definition) is 6. The Morgan fingerprint density at radius 1 is 1.38 bits per heavy atom. The molecular formula is C13H17N5O2S. The highest BCUT2D eigenvalue weighted by Gasteiger charge is 2.08. The van der Waals surface area contributed by atoms with Crippen molar-refractivity contribution in [2.75, 3.05) is 32.7 Å². The van der Waals surface area contributed by atoms with Gasteiger partial charge in [0.15, 0.2) is 4.77 Å². The van der Waals surface area contributed by atoms with Gasteiger partial charge in [-0.15, -0.1) is 0 Å². The molecule has 0 unspecified atom stereocenters. The Balaban J connectivity index is 2.51. The van der Waals surface area contributed by atoms with Gasteiger partial charge < -0.3 is 14.2 Å². The van der Waals surface area contributed by atoms with Crippen LogP contribution in [0, 0.1) is 4.77 Å². The van der Waals surface area contributed by atoms with Crippen molar-refractivity contribution in [3.8, 4) is 11.3 Å². The summed E-state index contributed by atoms with van der Waals surface area (Å²) >= 11 is 5.21. The van der Waals surface area contributed by atoms with Crippen LogP contribution in [-0.4, -0.2) is 47.3 Å². The zero-order valence-corrected chi connectivity index (χ0v) is 13.0. The summed E-state index contributed by atoms with van der Waals surface area (Å²) in [5.74, 6) is 0.602. The van der Waals surface area contributed by atoms with E-state index in [2.05, 4.69) is 15.0 Å². The first-order valence-corrected chi connectivity index (χ1v) is 6.76. The maximum Gasteiger partial charge on any atom is 0.252 e. The second-order valence-electron chi connectivity index (χ2n) is 4.63. The van der Waals surface area contributed by atoms with Crippen molar-refractivity contribution in [2.45, 2.75) is 6.54 Å². The molecule has 0 fully saturated rings. The first-order chi connectivity index (χ1) is 10.0. The monoisotopic (exact) mass is 307 g/mol. The highest BCUT2D eigenvalue weighted by molar-refractivity contribution is 7.71. The molecule has 0 aliphatic carbocycles. The molecule has 21 heavy (non-hydrogen) atoms. The van der Waals surface area contributed by atoms with Crippen LogP contribution in [0.2, 0.25) is 0 Å². The summed E-state index contributed by atoms with van der Waals surface area (Å²) < 4.78 is 7.23. The Kier molecular flexibility index (Phi) is 4.81. The first-order valence-electron chi connectivity index (χ1n) is 6.35. The molecule has 0 bridgehead atoms. The standard InChI is InChI=1S/C13H17N5O2S/c1-17(2)12-14-7-9(8-15-12)10-6-11(19)16-13(21)18(10)4-5-20-3/h6-8H,4-5H2,1-3H3,(H,16,19,21). The number of ether oxygens (including phenoxy) is 1. The zero-order chi connectivity index (χ0) is 15.4. The fourth-order valence-corrected chi connectivity index (χ4v) is 2.14. The zero-order valence-electron chi connectivity index (χ0n) is 12.2. The number of anilines is 1. The molecule has 0 aliphatic rings. The van der Waals surface area contributed by atoms with Crippen LogP contribution in [0.5, 0.6) is 0 Å². The summed E-state index contributed by atoms with van der Waals surface area (Å²) in [5, 5.41) is 0. The molecule has 2 aromatic heterocycles. The van der Waals surface area contributed by atoms with Crippen molar-refractivity contribution in [1.82, 2.24) is 19.5 Å². The lowest BCUT2D eigenvalue weighted by atomic mass is 10.2. The third-order valence-electron chi connectivity index (χ3n) is 2.89. The fourth-order valence-electron chi connectivity index (χ4n) is 1.85. The van der Waals surface area contributed by atoms with Gasteiger partial charge in [0.2, 0.25) is 5.95 Å². The maximum absolute atomic E-state index is 11.7. The molecule has 0 aromatic carbocycles. The second-order valence-corrected chi connectivity index (χ2v) is 5.02. The number of methoxy groups -OCH3 is 1. The van der Waals surface area contributed by atoms with Gasteiger partial charge in [-0.25, -0.2) is 9.97 Å². The molecular weight excluding hydrogens is 290 g/mol. The predicted molar refractivity (Wildman–Crippen MR) is 83.1 cm³/mol. The van der Waals surface area contributed by atoms with E-state index in [0.29, 0.717) is 29.6 Å². The van der Waals surface area contributed by atoms with Crippen molar-refractivity contribution >= 4 is 18.2 Å². The van der Waals surface area contributed by atoms with Gasteiger partial charge in [-0.1, -0.05) is 0 Å². The highest BCUT2D eigenvalue weighted by Crippen LogP contribution is 2.17. The summed E-state index contributed by atoms with van der Waals surface area (Å²) in [6.07, 6.45) is 3.35. The van der Waals surface area contributed by atoms with Crippen LogP contribution in [0.4, 0.5) is 5.95 Å². The molecule has 112 valence electrons. The van der Waals surface area contributed by atoms with Crippen molar-refractivity contribution in [3.05, 3.63) is 33.6 Å². The number of nitrogens with zero attached hydrogens (tertiary/aromatic N) is 4. The quantitative estimate of drug-likeness (QED) is 0.833. The minimum absolute atomic E-state index is 0.250. The summed E-state index contributed by atoms with van der Waals surface area (Å²) in [4.78, 5) is 24.6. The highest BCUT2D eigenvalue weighted by atomic mass is 32.1. The van der Waals surface area contributed by atoms with Gasteiger partial charge in [0.05, 0.1) is 12.3 Å². The van der Waals surface area contributed by atoms with Crippen LogP contribution in [0.1, 0.15) is 0 Å². The first kappa shape index (κ1) is 15.3. The van der Waals surface area contributed by atoms with E-state index in [4.69, 9.17) is 17.0 Å². The summed E-state index contributed by atoms with van der Waals surface area (Å²) in [6.45, 7) is 1.03. The van der Waals surface area contributed by atoms with E-state index in [-0.39, 0.29) is 5.56 Å². The van der Waals surface area contributed by atoms with Gasteiger partial charge in [-0.05, 0) is 12.2 Å². The van der Waals surface area contributed by atoms with Crippen LogP contribution < -0.4 is 10.5 Å². The third-order valence-corrected chi connectivity index (χ3v) is 3.21. The lowest BCUT2D eigenvalue weighted by molar-refractivity contribution is 0.186. The molecule has 0 aliphatic heterocycles. The summed E-state index contributed by atoms with van der Waals surface area (Å²) in [5.41, 5.74) is 1.15. The molecule has 0 saturated heterocycles. The van der Waals surface area contributed by atoms with Gasteiger partial charge in [0.1, 0.15) is 0 Å². The summed E-state index contributed by atoms with van der Waals surface area (Å²) in [7, 11) is 5.34. The summed E-state index contributed by atoms with van der Waals surface area (Å²) in [6, 6.07) is 1.49. The number of aromatic nitrogens is 4. The molecule has 7 nitrogen and oxygen atoms in total. The average molecular weight is 307 g/mol. The minimum Gasteiger partial charge on any atom is -0.383 e. The minimum atomic E-state index is -0.250. The molecule has 0 saturated carbocycles. The fraction of sp³-hybridized carbons (Fsp3) is 0.385. The van der Waals surface area contributed by atoms with Crippen LogP contribution >= 0.6 is 12.2 Å². The topological polar surface area (TPSA) is 76.0 Å². The number of H-pyrrole nitrogens is 1. The Hall–Kier alpha value is -2.06. The molecule has 0 radical (unpaired) electrons. The number of nitrogens with one attached hydrogen (secondary N) is 1. The van der Waals surface area contributed by atoms with Crippen LogP contribution in [0.15, 0.2) is 23.3 Å². The molecule has 2 rings (SSSR count).